The zero-order valence-corrected chi connectivity index (χ0v) is 32.4. The third kappa shape index (κ3) is 6.66. The van der Waals surface area contributed by atoms with Gasteiger partial charge in [0.1, 0.15) is 5.84 Å². The molecule has 274 valence electrons. The standard InChI is InChI=1S/C32H23N.C21H19N3/c1-19-24-12-6-5-9-21(24)15-16-26(19)30-20(2)25-13-7-8-14-27(25)32-31(30)28-17-22-10-3-4-11-23(22)18-29(28)33-32;1-16(24-21(22-2)18-10-4-3-5-11-18)23-15-19-13-8-12-17-9-6-7-14-20(17)19/h3-18,33H,1-2H3;3-14H,2,15H2,1H3. The summed E-state index contributed by atoms with van der Waals surface area (Å²) in [6, 6.07) is 59.8. The highest BCUT2D eigenvalue weighted by Crippen LogP contribution is 2.44. The molecule has 10 aromatic rings. The largest absolute Gasteiger partial charge is 0.354 e. The van der Waals surface area contributed by atoms with Crippen molar-refractivity contribution in [2.45, 2.75) is 27.3 Å². The summed E-state index contributed by atoms with van der Waals surface area (Å²) >= 11 is 0. The molecule has 0 saturated carbocycles. The SMILES string of the molecule is C=NC(=NC(C)=NCc1cccc2ccccc12)c1ccccc1.Cc1c(-c2c(C)c3ccccc3c3[nH]c4cc5ccccc5cc4c23)ccc2ccccc12. The first kappa shape index (κ1) is 35.5. The van der Waals surface area contributed by atoms with Crippen LogP contribution in [-0.4, -0.2) is 23.4 Å². The predicted molar refractivity (Wildman–Crippen MR) is 247 cm³/mol. The Morgan fingerprint density at radius 2 is 1.14 bits per heavy atom. The van der Waals surface area contributed by atoms with Gasteiger partial charge in [0.25, 0.3) is 0 Å². The van der Waals surface area contributed by atoms with Gasteiger partial charge < -0.3 is 4.98 Å². The van der Waals surface area contributed by atoms with Gasteiger partial charge in [0.2, 0.25) is 0 Å². The Kier molecular flexibility index (Phi) is 9.45. The van der Waals surface area contributed by atoms with Crippen molar-refractivity contribution in [3.8, 4) is 11.1 Å². The zero-order valence-electron chi connectivity index (χ0n) is 32.4. The molecule has 10 rings (SSSR count). The molecule has 1 heterocycles. The summed E-state index contributed by atoms with van der Waals surface area (Å²) in [6.07, 6.45) is 0. The first-order valence-corrected chi connectivity index (χ1v) is 19.4. The van der Waals surface area contributed by atoms with Gasteiger partial charge in [-0.3, -0.25) is 4.99 Å². The van der Waals surface area contributed by atoms with Crippen LogP contribution in [0.2, 0.25) is 0 Å². The second kappa shape index (κ2) is 15.2. The fourth-order valence-electron chi connectivity index (χ4n) is 8.33. The third-order valence-corrected chi connectivity index (χ3v) is 11.2. The second-order valence-corrected chi connectivity index (χ2v) is 14.6. The van der Waals surface area contributed by atoms with Crippen LogP contribution in [-0.2, 0) is 6.54 Å². The quantitative estimate of drug-likeness (QED) is 0.138. The average Bonchev–Trinajstić information content (AvgIpc) is 3.63. The maximum Gasteiger partial charge on any atom is 0.160 e. The van der Waals surface area contributed by atoms with E-state index in [0.29, 0.717) is 18.2 Å². The van der Waals surface area contributed by atoms with Crippen LogP contribution in [0.3, 0.4) is 0 Å². The highest BCUT2D eigenvalue weighted by molar-refractivity contribution is 6.26. The Morgan fingerprint density at radius 1 is 0.544 bits per heavy atom. The lowest BCUT2D eigenvalue weighted by Gasteiger charge is -2.17. The summed E-state index contributed by atoms with van der Waals surface area (Å²) in [7, 11) is 0. The molecule has 0 saturated heterocycles. The van der Waals surface area contributed by atoms with Crippen molar-refractivity contribution < 1.29 is 0 Å². The van der Waals surface area contributed by atoms with Gasteiger partial charge in [-0.25, -0.2) is 9.98 Å². The van der Waals surface area contributed by atoms with E-state index < -0.39 is 0 Å². The normalized spacial score (nSPS) is 12.1. The molecule has 0 radical (unpaired) electrons. The Bertz CT molecular complexity index is 3200. The van der Waals surface area contributed by atoms with Crippen LogP contribution in [0.5, 0.6) is 0 Å². The molecule has 1 aromatic heterocycles. The van der Waals surface area contributed by atoms with Crippen LogP contribution in [0.1, 0.15) is 29.2 Å². The van der Waals surface area contributed by atoms with Crippen LogP contribution >= 0.6 is 0 Å². The summed E-state index contributed by atoms with van der Waals surface area (Å²) in [5, 5.41) is 12.8. The Labute approximate surface area is 332 Å². The van der Waals surface area contributed by atoms with Crippen LogP contribution in [0.15, 0.2) is 185 Å². The van der Waals surface area contributed by atoms with Gasteiger partial charge in [-0.05, 0) is 105 Å². The number of aliphatic imine (C=N–C) groups is 3. The lowest BCUT2D eigenvalue weighted by molar-refractivity contribution is 1.07. The topological polar surface area (TPSA) is 52.9 Å². The lowest BCUT2D eigenvalue weighted by atomic mass is 9.87. The Balaban J connectivity index is 0.000000157. The van der Waals surface area contributed by atoms with Gasteiger partial charge in [0.05, 0.1) is 12.1 Å². The van der Waals surface area contributed by atoms with Crippen molar-refractivity contribution in [2.75, 3.05) is 0 Å². The smallest absolute Gasteiger partial charge is 0.160 e. The monoisotopic (exact) mass is 734 g/mol. The van der Waals surface area contributed by atoms with Gasteiger partial charge >= 0.3 is 0 Å². The molecule has 0 bridgehead atoms. The van der Waals surface area contributed by atoms with E-state index in [4.69, 9.17) is 0 Å². The Hall–Kier alpha value is -7.17. The summed E-state index contributed by atoms with van der Waals surface area (Å²) in [5.41, 5.74) is 9.88. The number of benzene rings is 9. The van der Waals surface area contributed by atoms with E-state index in [2.05, 4.69) is 174 Å². The molecule has 1 N–H and O–H groups in total. The van der Waals surface area contributed by atoms with Gasteiger partial charge in [-0.2, -0.15) is 0 Å². The van der Waals surface area contributed by atoms with E-state index in [1.807, 2.05) is 43.3 Å². The van der Waals surface area contributed by atoms with Crippen LogP contribution in [0.25, 0.3) is 76.0 Å². The molecule has 0 aliphatic carbocycles. The third-order valence-electron chi connectivity index (χ3n) is 11.2. The molecule has 0 aliphatic heterocycles. The number of nitrogens with zero attached hydrogens (tertiary/aromatic N) is 3. The number of hydrogen-bond acceptors (Lipinski definition) is 1. The van der Waals surface area contributed by atoms with Crippen LogP contribution in [0, 0.1) is 13.8 Å². The maximum atomic E-state index is 4.60. The van der Waals surface area contributed by atoms with Gasteiger partial charge in [-0.1, -0.05) is 158 Å². The second-order valence-electron chi connectivity index (χ2n) is 14.6. The van der Waals surface area contributed by atoms with E-state index in [-0.39, 0.29) is 0 Å². The molecule has 57 heavy (non-hydrogen) atoms. The van der Waals surface area contributed by atoms with Gasteiger partial charge in [0.15, 0.2) is 5.84 Å². The minimum absolute atomic E-state index is 0.592. The molecule has 4 nitrogen and oxygen atoms in total. The first-order valence-electron chi connectivity index (χ1n) is 19.4. The first-order chi connectivity index (χ1) is 28.0. The van der Waals surface area contributed by atoms with Gasteiger partial charge in [0, 0.05) is 27.2 Å². The van der Waals surface area contributed by atoms with Crippen LogP contribution in [0.4, 0.5) is 0 Å². The molecule has 0 spiro atoms. The van der Waals surface area contributed by atoms with E-state index in [1.165, 1.54) is 92.7 Å². The van der Waals surface area contributed by atoms with Crippen molar-refractivity contribution in [2.24, 2.45) is 15.0 Å². The molecule has 0 fully saturated rings. The highest BCUT2D eigenvalue weighted by Gasteiger charge is 2.20. The number of amidine groups is 2. The summed E-state index contributed by atoms with van der Waals surface area (Å²) in [6.45, 7) is 10.6. The molecule has 9 aromatic carbocycles. The van der Waals surface area contributed by atoms with E-state index >= 15 is 0 Å². The molecule has 0 aliphatic rings. The fraction of sp³-hybridized carbons (Fsp3) is 0.0755. The number of nitrogens with one attached hydrogen (secondary N) is 1. The number of rotatable bonds is 4. The average molecular weight is 735 g/mol. The number of aromatic amines is 1. The molecule has 0 amide bonds. The number of hydrogen-bond donors (Lipinski definition) is 1. The maximum absolute atomic E-state index is 4.60. The molecule has 0 unspecified atom stereocenters. The van der Waals surface area contributed by atoms with Crippen molar-refractivity contribution in [3.63, 3.8) is 0 Å². The van der Waals surface area contributed by atoms with Crippen molar-refractivity contribution in [3.05, 3.63) is 192 Å². The van der Waals surface area contributed by atoms with E-state index in [0.717, 1.165) is 5.56 Å². The van der Waals surface area contributed by atoms with Crippen molar-refractivity contribution in [1.29, 1.82) is 0 Å². The fourth-order valence-corrected chi connectivity index (χ4v) is 8.33. The van der Waals surface area contributed by atoms with E-state index in [1.54, 1.807) is 0 Å². The van der Waals surface area contributed by atoms with Crippen LogP contribution < -0.4 is 0 Å². The Morgan fingerprint density at radius 3 is 1.88 bits per heavy atom. The minimum atomic E-state index is 0.592. The number of H-pyrrole nitrogens is 1. The molecule has 4 heteroatoms. The summed E-state index contributed by atoms with van der Waals surface area (Å²) in [4.78, 5) is 16.9. The predicted octanol–water partition coefficient (Wildman–Crippen LogP) is 14.0. The molecular weight excluding hydrogens is 693 g/mol. The van der Waals surface area contributed by atoms with Crippen molar-refractivity contribution >= 4 is 83.3 Å². The molecule has 0 atom stereocenters. The number of aromatic nitrogens is 1. The highest BCUT2D eigenvalue weighted by atomic mass is 15.0. The minimum Gasteiger partial charge on any atom is -0.354 e. The lowest BCUT2D eigenvalue weighted by Crippen LogP contribution is -2.00. The number of fused-ring (bicyclic) bond motifs is 8. The summed E-state index contributed by atoms with van der Waals surface area (Å²) in [5.74, 6) is 1.28. The summed E-state index contributed by atoms with van der Waals surface area (Å²) < 4.78 is 0. The van der Waals surface area contributed by atoms with Crippen molar-refractivity contribution in [1.82, 2.24) is 4.98 Å². The molecular formula is C53H42N4. The number of aryl methyl sites for hydroxylation is 2. The zero-order chi connectivity index (χ0) is 38.9. The van der Waals surface area contributed by atoms with E-state index in [9.17, 15) is 0 Å². The van der Waals surface area contributed by atoms with Gasteiger partial charge in [-0.15, -0.1) is 0 Å².